The van der Waals surface area contributed by atoms with E-state index in [0.29, 0.717) is 5.92 Å². The van der Waals surface area contributed by atoms with Gasteiger partial charge in [-0.15, -0.1) is 12.4 Å². The number of nitrogens with one attached hydrogen (secondary N) is 1. The topological polar surface area (TPSA) is 41.6 Å². The molecule has 1 aromatic carbocycles. The Balaban J connectivity index is 0.00000192. The SMILES string of the molecule is CNCC1CCCN(C(=O)c2ccc(OCC3CC3)cc2)C1.Cl. The summed E-state index contributed by atoms with van der Waals surface area (Å²) in [5.41, 5.74) is 0.767. The van der Waals surface area contributed by atoms with Crippen LogP contribution in [0.25, 0.3) is 0 Å². The summed E-state index contributed by atoms with van der Waals surface area (Å²) >= 11 is 0. The van der Waals surface area contributed by atoms with Crippen molar-refractivity contribution < 1.29 is 9.53 Å². The third-order valence-electron chi connectivity index (χ3n) is 4.58. The number of likely N-dealkylation sites (tertiary alicyclic amines) is 1. The summed E-state index contributed by atoms with van der Waals surface area (Å²) in [6.45, 7) is 3.53. The van der Waals surface area contributed by atoms with Crippen LogP contribution in [-0.2, 0) is 0 Å². The Morgan fingerprint density at radius 2 is 1.96 bits per heavy atom. The molecule has 3 rings (SSSR count). The second-order valence-corrected chi connectivity index (χ2v) is 6.60. The molecule has 1 saturated carbocycles. The lowest BCUT2D eigenvalue weighted by atomic mass is 9.97. The molecule has 0 radical (unpaired) electrons. The van der Waals surface area contributed by atoms with E-state index in [1.807, 2.05) is 36.2 Å². The van der Waals surface area contributed by atoms with E-state index < -0.39 is 0 Å². The minimum Gasteiger partial charge on any atom is -0.493 e. The minimum atomic E-state index is 0. The number of rotatable bonds is 6. The molecule has 2 aliphatic rings. The van der Waals surface area contributed by atoms with Crippen LogP contribution in [0, 0.1) is 11.8 Å². The number of carbonyl (C=O) groups excluding carboxylic acids is 1. The highest BCUT2D eigenvalue weighted by molar-refractivity contribution is 5.94. The second kappa shape index (κ2) is 8.55. The summed E-state index contributed by atoms with van der Waals surface area (Å²) in [5.74, 6) is 2.34. The van der Waals surface area contributed by atoms with Gasteiger partial charge in [0.05, 0.1) is 6.61 Å². The Morgan fingerprint density at radius 1 is 1.22 bits per heavy atom. The van der Waals surface area contributed by atoms with Crippen molar-refractivity contribution in [2.45, 2.75) is 25.7 Å². The molecule has 0 aromatic heterocycles. The Kier molecular flexibility index (Phi) is 6.72. The highest BCUT2D eigenvalue weighted by Crippen LogP contribution is 2.29. The van der Waals surface area contributed by atoms with Crippen LogP contribution in [0.5, 0.6) is 5.75 Å². The van der Waals surface area contributed by atoms with Gasteiger partial charge in [-0.05, 0) is 75.4 Å². The number of nitrogens with zero attached hydrogens (tertiary/aromatic N) is 1. The molecular formula is C18H27ClN2O2. The molecule has 0 bridgehead atoms. The fourth-order valence-corrected chi connectivity index (χ4v) is 3.08. The predicted octanol–water partition coefficient (Wildman–Crippen LogP) is 2.97. The molecule has 128 valence electrons. The van der Waals surface area contributed by atoms with Crippen molar-refractivity contribution in [3.63, 3.8) is 0 Å². The lowest BCUT2D eigenvalue weighted by molar-refractivity contribution is 0.0674. The summed E-state index contributed by atoms with van der Waals surface area (Å²) in [5, 5.41) is 3.22. The van der Waals surface area contributed by atoms with E-state index in [1.54, 1.807) is 0 Å². The van der Waals surface area contributed by atoms with Crippen LogP contribution in [0.1, 0.15) is 36.0 Å². The number of benzene rings is 1. The van der Waals surface area contributed by atoms with E-state index in [-0.39, 0.29) is 18.3 Å². The van der Waals surface area contributed by atoms with Crippen molar-refractivity contribution in [2.75, 3.05) is 33.3 Å². The molecule has 1 amide bonds. The van der Waals surface area contributed by atoms with E-state index in [4.69, 9.17) is 4.74 Å². The number of ether oxygens (including phenoxy) is 1. The molecule has 1 atom stereocenters. The molecule has 23 heavy (non-hydrogen) atoms. The Labute approximate surface area is 145 Å². The largest absolute Gasteiger partial charge is 0.493 e. The Hall–Kier alpha value is -1.26. The van der Waals surface area contributed by atoms with Gasteiger partial charge in [0.15, 0.2) is 0 Å². The molecule has 1 unspecified atom stereocenters. The fraction of sp³-hybridized carbons (Fsp3) is 0.611. The maximum absolute atomic E-state index is 12.6. The molecule has 0 spiro atoms. The van der Waals surface area contributed by atoms with Crippen LogP contribution in [0.2, 0.25) is 0 Å². The van der Waals surface area contributed by atoms with E-state index >= 15 is 0 Å². The van der Waals surface area contributed by atoms with E-state index in [0.717, 1.165) is 49.9 Å². The van der Waals surface area contributed by atoms with E-state index in [1.165, 1.54) is 19.3 Å². The molecule has 2 fully saturated rings. The van der Waals surface area contributed by atoms with Gasteiger partial charge < -0.3 is 15.0 Å². The quantitative estimate of drug-likeness (QED) is 0.867. The van der Waals surface area contributed by atoms with Crippen LogP contribution in [0.15, 0.2) is 24.3 Å². The second-order valence-electron chi connectivity index (χ2n) is 6.60. The van der Waals surface area contributed by atoms with Gasteiger partial charge in [-0.25, -0.2) is 0 Å². The zero-order chi connectivity index (χ0) is 15.4. The summed E-state index contributed by atoms with van der Waals surface area (Å²) in [6.07, 6.45) is 4.89. The van der Waals surface area contributed by atoms with Crippen LogP contribution >= 0.6 is 12.4 Å². The number of hydrogen-bond acceptors (Lipinski definition) is 3. The van der Waals surface area contributed by atoms with Gasteiger partial charge >= 0.3 is 0 Å². The van der Waals surface area contributed by atoms with Crippen LogP contribution in [0.3, 0.4) is 0 Å². The molecule has 4 nitrogen and oxygen atoms in total. The average Bonchev–Trinajstić information content (AvgIpc) is 3.38. The summed E-state index contributed by atoms with van der Waals surface area (Å²) < 4.78 is 5.73. The first-order valence-electron chi connectivity index (χ1n) is 8.43. The van der Waals surface area contributed by atoms with E-state index in [9.17, 15) is 4.79 Å². The smallest absolute Gasteiger partial charge is 0.253 e. The first-order valence-corrected chi connectivity index (χ1v) is 8.43. The van der Waals surface area contributed by atoms with Gasteiger partial charge in [0.2, 0.25) is 0 Å². The minimum absolute atomic E-state index is 0. The van der Waals surface area contributed by atoms with Gasteiger partial charge in [0.25, 0.3) is 5.91 Å². The van der Waals surface area contributed by atoms with Crippen LogP contribution in [0.4, 0.5) is 0 Å². The average molecular weight is 339 g/mol. The van der Waals surface area contributed by atoms with Gasteiger partial charge in [0.1, 0.15) is 5.75 Å². The highest BCUT2D eigenvalue weighted by Gasteiger charge is 2.24. The number of piperidine rings is 1. The number of halogens is 1. The lowest BCUT2D eigenvalue weighted by Gasteiger charge is -2.32. The third-order valence-corrected chi connectivity index (χ3v) is 4.58. The zero-order valence-electron chi connectivity index (χ0n) is 13.8. The molecular weight excluding hydrogens is 312 g/mol. The standard InChI is InChI=1S/C18H26N2O2.ClH/c1-19-11-15-3-2-10-20(12-15)18(21)16-6-8-17(9-7-16)22-13-14-4-5-14;/h6-9,14-15,19H,2-5,10-13H2,1H3;1H. The third kappa shape index (κ3) is 5.11. The summed E-state index contributed by atoms with van der Waals surface area (Å²) in [7, 11) is 1.97. The van der Waals surface area contributed by atoms with Crippen LogP contribution < -0.4 is 10.1 Å². The normalized spacial score (nSPS) is 20.7. The molecule has 5 heteroatoms. The van der Waals surface area contributed by atoms with Gasteiger partial charge in [-0.1, -0.05) is 0 Å². The maximum atomic E-state index is 12.6. The Bertz CT molecular complexity index is 500. The van der Waals surface area contributed by atoms with Crippen LogP contribution in [-0.4, -0.2) is 44.1 Å². The molecule has 1 heterocycles. The lowest BCUT2D eigenvalue weighted by Crippen LogP contribution is -2.42. The fourth-order valence-electron chi connectivity index (χ4n) is 3.08. The van der Waals surface area contributed by atoms with Gasteiger partial charge in [0, 0.05) is 18.7 Å². The molecule has 1 N–H and O–H groups in total. The molecule has 1 saturated heterocycles. The monoisotopic (exact) mass is 338 g/mol. The van der Waals surface area contributed by atoms with Crippen molar-refractivity contribution >= 4 is 18.3 Å². The number of amides is 1. The predicted molar refractivity (Wildman–Crippen MR) is 94.5 cm³/mol. The number of carbonyl (C=O) groups is 1. The molecule has 1 aliphatic heterocycles. The summed E-state index contributed by atoms with van der Waals surface area (Å²) in [6, 6.07) is 7.63. The van der Waals surface area contributed by atoms with Crippen molar-refractivity contribution in [2.24, 2.45) is 11.8 Å². The number of hydrogen-bond donors (Lipinski definition) is 1. The van der Waals surface area contributed by atoms with Gasteiger partial charge in [-0.3, -0.25) is 4.79 Å². The maximum Gasteiger partial charge on any atom is 0.253 e. The van der Waals surface area contributed by atoms with Crippen molar-refractivity contribution in [3.05, 3.63) is 29.8 Å². The van der Waals surface area contributed by atoms with Crippen molar-refractivity contribution in [3.8, 4) is 5.75 Å². The zero-order valence-corrected chi connectivity index (χ0v) is 14.6. The first kappa shape index (κ1) is 18.1. The first-order chi connectivity index (χ1) is 10.8. The molecule has 1 aromatic rings. The van der Waals surface area contributed by atoms with Crippen molar-refractivity contribution in [1.29, 1.82) is 0 Å². The molecule has 1 aliphatic carbocycles. The van der Waals surface area contributed by atoms with E-state index in [2.05, 4.69) is 5.32 Å². The Morgan fingerprint density at radius 3 is 2.61 bits per heavy atom. The van der Waals surface area contributed by atoms with Gasteiger partial charge in [-0.2, -0.15) is 0 Å². The van der Waals surface area contributed by atoms with Crippen molar-refractivity contribution in [1.82, 2.24) is 10.2 Å². The highest BCUT2D eigenvalue weighted by atomic mass is 35.5. The summed E-state index contributed by atoms with van der Waals surface area (Å²) in [4.78, 5) is 14.6.